The maximum Gasteiger partial charge on any atom is 0.313 e. The molecule has 0 aromatic rings. The van der Waals surface area contributed by atoms with E-state index >= 15 is 0 Å². The Balaban J connectivity index is 1.41. The maximum atomic E-state index is 13.9. The van der Waals surface area contributed by atoms with Crippen molar-refractivity contribution in [2.24, 2.45) is 70.0 Å². The average Bonchev–Trinajstić information content (AvgIpc) is 3.65. The van der Waals surface area contributed by atoms with Crippen LogP contribution < -0.4 is 0 Å². The molecule has 0 aliphatic heterocycles. The van der Waals surface area contributed by atoms with E-state index in [2.05, 4.69) is 0 Å². The second-order valence-corrected chi connectivity index (χ2v) is 11.8. The molecule has 0 radical (unpaired) electrons. The molecule has 192 valence electrons. The number of methoxy groups -OCH3 is 2. The number of rotatable bonds is 4. The summed E-state index contributed by atoms with van der Waals surface area (Å²) < 4.78 is 21.5. The molecule has 8 rings (SSSR count). The van der Waals surface area contributed by atoms with Crippen molar-refractivity contribution in [3.05, 3.63) is 0 Å². The van der Waals surface area contributed by atoms with Crippen molar-refractivity contribution in [3.8, 4) is 0 Å². The minimum absolute atomic E-state index is 0.0824. The Morgan fingerprint density at radius 2 is 1.03 bits per heavy atom. The molecule has 0 amide bonds. The third-order valence-electron chi connectivity index (χ3n) is 11.4. The molecule has 0 aromatic carbocycles. The number of fused-ring (bicyclic) bond motifs is 2. The number of hydrogen-bond donors (Lipinski definition) is 0. The molecule has 0 heterocycles. The largest absolute Gasteiger partial charge is 0.469 e. The van der Waals surface area contributed by atoms with E-state index < -0.39 is 70.6 Å². The molecule has 8 aliphatic rings. The molecule has 14 atom stereocenters. The summed E-state index contributed by atoms with van der Waals surface area (Å²) in [6, 6.07) is 0. The maximum absolute atomic E-state index is 13.9. The topological polar surface area (TPSA) is 139 Å². The van der Waals surface area contributed by atoms with Gasteiger partial charge in [-0.05, 0) is 60.2 Å². The SMILES string of the molecule is COC(=O)[C@]12[C@@H]3[C@H]4C(=O)[C@@H](OC(C)=O)C[C@H]4[C@@H]4[C@@H]3[C@H]3[C@@H]1[C@@H]1C[C@H](OC(C)=O)C(=O)[C@@H]1[C@@H]3[C@@]42C(=O)OC. The standard InChI is InChI=1S/C26H28O10/c1-7(27)35-11-5-9-13(21(11)29)19-15-16-18-10-6-12(36-8(2)28)22(30)14(10)20(16)25(17(9)15,23(31)33-3)26(18,19)24(32)34-4/h9-20H,5-6H2,1-4H3/t9-,10-,11+,12+,13+,14+,15+,16+,17-,18+,19-,20+,25-,26-/m1/s1. The Hall–Kier alpha value is -2.78. The van der Waals surface area contributed by atoms with E-state index in [1.165, 1.54) is 28.1 Å². The summed E-state index contributed by atoms with van der Waals surface area (Å²) in [7, 11) is 2.59. The van der Waals surface area contributed by atoms with E-state index in [9.17, 15) is 28.8 Å². The minimum Gasteiger partial charge on any atom is -0.469 e. The first-order valence-electron chi connectivity index (χ1n) is 12.7. The lowest BCUT2D eigenvalue weighted by Crippen LogP contribution is -2.66. The molecule has 0 spiro atoms. The van der Waals surface area contributed by atoms with Crippen LogP contribution in [0.5, 0.6) is 0 Å². The van der Waals surface area contributed by atoms with Gasteiger partial charge in [-0.15, -0.1) is 0 Å². The zero-order valence-electron chi connectivity index (χ0n) is 20.4. The van der Waals surface area contributed by atoms with Gasteiger partial charge < -0.3 is 18.9 Å². The summed E-state index contributed by atoms with van der Waals surface area (Å²) in [5, 5.41) is 0. The predicted octanol–water partition coefficient (Wildman–Crippen LogP) is 0.344. The van der Waals surface area contributed by atoms with E-state index in [4.69, 9.17) is 18.9 Å². The molecule has 10 heteroatoms. The van der Waals surface area contributed by atoms with Crippen LogP contribution in [0, 0.1) is 70.0 Å². The number of ketones is 2. The number of ether oxygens (including phenoxy) is 4. The molecule has 8 saturated carbocycles. The first kappa shape index (κ1) is 22.4. The molecule has 0 saturated heterocycles. The molecule has 8 fully saturated rings. The highest BCUT2D eigenvalue weighted by Crippen LogP contribution is 2.97. The number of carbonyl (C=O) groups is 6. The second-order valence-electron chi connectivity index (χ2n) is 11.8. The van der Waals surface area contributed by atoms with Gasteiger partial charge in [0.05, 0.1) is 25.0 Å². The van der Waals surface area contributed by atoms with Crippen LogP contribution in [-0.4, -0.2) is 61.9 Å². The Kier molecular flexibility index (Phi) is 4.08. The first-order valence-corrected chi connectivity index (χ1v) is 12.7. The fourth-order valence-electron chi connectivity index (χ4n) is 11.8. The molecule has 10 nitrogen and oxygen atoms in total. The molecular weight excluding hydrogens is 472 g/mol. The minimum atomic E-state index is -1.28. The van der Waals surface area contributed by atoms with Crippen LogP contribution in [0.3, 0.4) is 0 Å². The van der Waals surface area contributed by atoms with Crippen molar-refractivity contribution in [3.63, 3.8) is 0 Å². The van der Waals surface area contributed by atoms with Gasteiger partial charge in [0, 0.05) is 25.7 Å². The smallest absolute Gasteiger partial charge is 0.313 e. The van der Waals surface area contributed by atoms with Gasteiger partial charge in [-0.1, -0.05) is 0 Å². The highest BCUT2D eigenvalue weighted by atomic mass is 16.6. The van der Waals surface area contributed by atoms with Gasteiger partial charge in [0.2, 0.25) is 0 Å². The van der Waals surface area contributed by atoms with Crippen molar-refractivity contribution in [2.75, 3.05) is 14.2 Å². The normalized spacial score (nSPS) is 53.6. The van der Waals surface area contributed by atoms with Crippen LogP contribution in [0.25, 0.3) is 0 Å². The van der Waals surface area contributed by atoms with E-state index in [0.717, 1.165) is 0 Å². The Morgan fingerprint density at radius 3 is 1.33 bits per heavy atom. The number of esters is 4. The molecule has 8 bridgehead atoms. The van der Waals surface area contributed by atoms with Gasteiger partial charge in [0.15, 0.2) is 23.8 Å². The monoisotopic (exact) mass is 500 g/mol. The van der Waals surface area contributed by atoms with E-state index in [-0.39, 0.29) is 47.1 Å². The van der Waals surface area contributed by atoms with Crippen LogP contribution >= 0.6 is 0 Å². The van der Waals surface area contributed by atoms with Crippen molar-refractivity contribution in [1.82, 2.24) is 0 Å². The summed E-state index contributed by atoms with van der Waals surface area (Å²) in [5.41, 5.74) is -2.57. The Labute approximate surface area is 206 Å². The lowest BCUT2D eigenvalue weighted by atomic mass is 9.43. The lowest BCUT2D eigenvalue weighted by molar-refractivity contribution is -0.208. The predicted molar refractivity (Wildman–Crippen MR) is 114 cm³/mol. The van der Waals surface area contributed by atoms with Gasteiger partial charge in [-0.25, -0.2) is 0 Å². The summed E-state index contributed by atoms with van der Waals surface area (Å²) in [5.74, 6) is -5.69. The van der Waals surface area contributed by atoms with Gasteiger partial charge in [-0.3, -0.25) is 28.8 Å². The molecule has 0 unspecified atom stereocenters. The number of carbonyl (C=O) groups excluding carboxylic acids is 6. The summed E-state index contributed by atoms with van der Waals surface area (Å²) >= 11 is 0. The lowest BCUT2D eigenvalue weighted by Gasteiger charge is -2.56. The van der Waals surface area contributed by atoms with E-state index in [0.29, 0.717) is 12.8 Å². The molecule has 0 aromatic heterocycles. The highest BCUT2D eigenvalue weighted by molar-refractivity contribution is 6.01. The highest BCUT2D eigenvalue weighted by Gasteiger charge is 3.02. The van der Waals surface area contributed by atoms with Crippen molar-refractivity contribution < 1.29 is 47.7 Å². The Morgan fingerprint density at radius 1 is 0.667 bits per heavy atom. The van der Waals surface area contributed by atoms with Crippen molar-refractivity contribution in [1.29, 1.82) is 0 Å². The van der Waals surface area contributed by atoms with Crippen LogP contribution in [0.4, 0.5) is 0 Å². The molecule has 8 aliphatic carbocycles. The first-order chi connectivity index (χ1) is 17.1. The van der Waals surface area contributed by atoms with E-state index in [1.54, 1.807) is 0 Å². The van der Waals surface area contributed by atoms with Gasteiger partial charge in [-0.2, -0.15) is 0 Å². The van der Waals surface area contributed by atoms with Crippen LogP contribution in [0.2, 0.25) is 0 Å². The molecule has 36 heavy (non-hydrogen) atoms. The summed E-state index contributed by atoms with van der Waals surface area (Å²) in [4.78, 5) is 78.3. The van der Waals surface area contributed by atoms with Gasteiger partial charge in [0.25, 0.3) is 0 Å². The zero-order chi connectivity index (χ0) is 25.6. The second kappa shape index (κ2) is 6.55. The summed E-state index contributed by atoms with van der Waals surface area (Å²) in [6.07, 6.45) is -1.18. The third-order valence-corrected chi connectivity index (χ3v) is 11.4. The fourth-order valence-corrected chi connectivity index (χ4v) is 11.8. The number of hydrogen-bond acceptors (Lipinski definition) is 10. The van der Waals surface area contributed by atoms with Crippen LogP contribution in [0.1, 0.15) is 26.7 Å². The zero-order valence-corrected chi connectivity index (χ0v) is 20.4. The molecular formula is C26H28O10. The van der Waals surface area contributed by atoms with Crippen LogP contribution in [-0.2, 0) is 47.7 Å². The van der Waals surface area contributed by atoms with E-state index in [1.807, 2.05) is 0 Å². The fraction of sp³-hybridized carbons (Fsp3) is 0.769. The Bertz CT molecular complexity index is 1090. The third kappa shape index (κ3) is 1.91. The van der Waals surface area contributed by atoms with Crippen molar-refractivity contribution in [2.45, 2.75) is 38.9 Å². The van der Waals surface area contributed by atoms with Crippen molar-refractivity contribution >= 4 is 35.4 Å². The quantitative estimate of drug-likeness (QED) is 0.392. The number of Topliss-reactive ketones (excluding diaryl/α,β-unsaturated/α-hetero) is 2. The van der Waals surface area contributed by atoms with Gasteiger partial charge >= 0.3 is 23.9 Å². The van der Waals surface area contributed by atoms with Crippen LogP contribution in [0.15, 0.2) is 0 Å². The average molecular weight is 501 g/mol. The molecule has 0 N–H and O–H groups in total. The van der Waals surface area contributed by atoms with Gasteiger partial charge in [0.1, 0.15) is 0 Å². The summed E-state index contributed by atoms with van der Waals surface area (Å²) in [6.45, 7) is 2.52.